The van der Waals surface area contributed by atoms with E-state index >= 15 is 0 Å². The fourth-order valence-electron chi connectivity index (χ4n) is 12.3. The van der Waals surface area contributed by atoms with Gasteiger partial charge < -0.3 is 15.2 Å². The zero-order valence-electron chi connectivity index (χ0n) is 25.8. The van der Waals surface area contributed by atoms with Crippen molar-refractivity contribution in [1.29, 1.82) is 0 Å². The van der Waals surface area contributed by atoms with E-state index in [1.54, 1.807) is 0 Å². The third kappa shape index (κ3) is 3.75. The van der Waals surface area contributed by atoms with Crippen LogP contribution in [0, 0.1) is 62.6 Å². The van der Waals surface area contributed by atoms with E-state index in [2.05, 4.69) is 59.5 Å². The van der Waals surface area contributed by atoms with Crippen molar-refractivity contribution in [2.75, 3.05) is 6.54 Å². The number of carbonyl (C=O) groups excluding carboxylic acids is 1. The molecule has 220 valence electrons. The summed E-state index contributed by atoms with van der Waals surface area (Å²) >= 11 is 0. The lowest BCUT2D eigenvalue weighted by atomic mass is 9.32. The van der Waals surface area contributed by atoms with Crippen LogP contribution < -0.4 is 5.32 Å². The van der Waals surface area contributed by atoms with Crippen molar-refractivity contribution < 1.29 is 19.4 Å². The fraction of sp³-hybridized carbons (Fsp3) is 0.882. The van der Waals surface area contributed by atoms with E-state index in [0.29, 0.717) is 42.1 Å². The van der Waals surface area contributed by atoms with Crippen molar-refractivity contribution >= 4 is 12.1 Å². The molecule has 5 aliphatic rings. The van der Waals surface area contributed by atoms with Gasteiger partial charge in [0.2, 0.25) is 0 Å². The molecule has 0 aromatic heterocycles. The first-order valence-corrected chi connectivity index (χ1v) is 16.1. The average molecular weight is 542 g/mol. The number of carbonyl (C=O) groups is 2. The van der Waals surface area contributed by atoms with Gasteiger partial charge in [-0.15, -0.1) is 6.58 Å². The lowest BCUT2D eigenvalue weighted by molar-refractivity contribution is -0.245. The van der Waals surface area contributed by atoms with Gasteiger partial charge in [-0.25, -0.2) is 4.79 Å². The monoisotopic (exact) mass is 541 g/mol. The topological polar surface area (TPSA) is 75.6 Å². The fourth-order valence-corrected chi connectivity index (χ4v) is 12.3. The van der Waals surface area contributed by atoms with Crippen LogP contribution in [0.3, 0.4) is 0 Å². The van der Waals surface area contributed by atoms with Gasteiger partial charge >= 0.3 is 12.1 Å². The van der Waals surface area contributed by atoms with Crippen molar-refractivity contribution in [3.63, 3.8) is 0 Å². The van der Waals surface area contributed by atoms with Crippen molar-refractivity contribution in [3.05, 3.63) is 12.7 Å². The van der Waals surface area contributed by atoms with Gasteiger partial charge in [-0.05, 0) is 123 Å². The molecule has 5 saturated carbocycles. The molecule has 0 aliphatic heterocycles. The number of aliphatic carboxylic acids is 1. The van der Waals surface area contributed by atoms with Gasteiger partial charge in [0.15, 0.2) is 0 Å². The number of hydrogen-bond acceptors (Lipinski definition) is 3. The highest BCUT2D eigenvalue weighted by Crippen LogP contribution is 2.77. The van der Waals surface area contributed by atoms with Gasteiger partial charge in [-0.2, -0.15) is 0 Å². The standard InChI is InChI=1S/C34H55NO4/c1-9-30(5)24-14-17-33(8)25(31(24,6)16-15-26(30)39-29(38)35-10-2)12-11-23-27-22(21(3)4)13-18-34(27,28(36)37)20-19-32(23,33)7/h9,21-27H,1,10-20H2,2-8H3,(H,35,38)(H,36,37)/t22-,23?,24?,25?,26+,27-,30-,31-,32+,33+,34-/m0/s1. The summed E-state index contributed by atoms with van der Waals surface area (Å²) in [5.74, 6) is 2.33. The highest BCUT2D eigenvalue weighted by atomic mass is 16.6. The quantitative estimate of drug-likeness (QED) is 0.345. The SMILES string of the molecule is C=C[C@@]1(C)C2CC[C@]3(C)C(CCC4[C@@H]5[C@H](C(C)C)CC[C@]5(C(=O)O)CC[C@]43C)[C@@]2(C)CC[C@H]1OC(=O)NCC. The number of rotatable bonds is 5. The first-order chi connectivity index (χ1) is 18.2. The van der Waals surface area contributed by atoms with Gasteiger partial charge in [0, 0.05) is 12.0 Å². The van der Waals surface area contributed by atoms with Crippen LogP contribution in [-0.2, 0) is 9.53 Å². The van der Waals surface area contributed by atoms with Crippen LogP contribution in [0.1, 0.15) is 113 Å². The molecular weight excluding hydrogens is 486 g/mol. The smallest absolute Gasteiger partial charge is 0.407 e. The van der Waals surface area contributed by atoms with Crippen molar-refractivity contribution in [2.45, 2.75) is 119 Å². The molecule has 11 atom stereocenters. The van der Waals surface area contributed by atoms with E-state index in [0.717, 1.165) is 51.4 Å². The number of carboxylic acids is 1. The minimum Gasteiger partial charge on any atom is -0.481 e. The van der Waals surface area contributed by atoms with E-state index in [-0.39, 0.29) is 33.9 Å². The summed E-state index contributed by atoms with van der Waals surface area (Å²) in [7, 11) is 0. The Kier molecular flexibility index (Phi) is 7.07. The molecule has 1 amide bonds. The Balaban J connectivity index is 1.49. The highest BCUT2D eigenvalue weighted by molar-refractivity contribution is 5.76. The van der Waals surface area contributed by atoms with Gasteiger partial charge in [-0.3, -0.25) is 4.79 Å². The summed E-state index contributed by atoms with van der Waals surface area (Å²) in [6, 6.07) is 0. The second kappa shape index (κ2) is 9.51. The van der Waals surface area contributed by atoms with Crippen molar-refractivity contribution in [1.82, 2.24) is 5.32 Å². The maximum Gasteiger partial charge on any atom is 0.407 e. The molecule has 5 heteroatoms. The summed E-state index contributed by atoms with van der Waals surface area (Å²) in [4.78, 5) is 25.4. The van der Waals surface area contributed by atoms with Crippen LogP contribution in [0.25, 0.3) is 0 Å². The molecule has 39 heavy (non-hydrogen) atoms. The van der Waals surface area contributed by atoms with E-state index in [1.165, 1.54) is 12.8 Å². The lowest BCUT2D eigenvalue weighted by Gasteiger charge is -2.72. The maximum absolute atomic E-state index is 12.9. The van der Waals surface area contributed by atoms with Crippen LogP contribution in [0.4, 0.5) is 4.79 Å². The van der Waals surface area contributed by atoms with Crippen LogP contribution in [-0.4, -0.2) is 29.8 Å². The van der Waals surface area contributed by atoms with E-state index in [4.69, 9.17) is 4.74 Å². The summed E-state index contributed by atoms with van der Waals surface area (Å²) in [6.07, 6.45) is 12.1. The minimum atomic E-state index is -0.521. The Hall–Kier alpha value is -1.52. The average Bonchev–Trinajstić information content (AvgIpc) is 3.28. The summed E-state index contributed by atoms with van der Waals surface area (Å²) < 4.78 is 6.04. The number of ether oxygens (including phenoxy) is 1. The number of amides is 1. The molecule has 5 rings (SSSR count). The zero-order valence-corrected chi connectivity index (χ0v) is 25.8. The molecule has 5 fully saturated rings. The van der Waals surface area contributed by atoms with Gasteiger partial charge in [0.05, 0.1) is 5.41 Å². The molecule has 0 saturated heterocycles. The molecule has 0 aromatic carbocycles. The maximum atomic E-state index is 12.9. The van der Waals surface area contributed by atoms with Crippen LogP contribution in [0.15, 0.2) is 12.7 Å². The Bertz CT molecular complexity index is 1010. The zero-order chi connectivity index (χ0) is 28.6. The van der Waals surface area contributed by atoms with Gasteiger partial charge in [0.25, 0.3) is 0 Å². The molecule has 0 radical (unpaired) electrons. The third-order valence-electron chi connectivity index (χ3n) is 14.4. The van der Waals surface area contributed by atoms with E-state index in [1.807, 2.05) is 6.92 Å². The number of carboxylic acid groups (broad SMARTS) is 1. The molecular formula is C34H55NO4. The predicted octanol–water partition coefficient (Wildman–Crippen LogP) is 8.09. The summed E-state index contributed by atoms with van der Waals surface area (Å²) in [6.45, 7) is 21.4. The number of hydrogen-bond donors (Lipinski definition) is 2. The highest BCUT2D eigenvalue weighted by Gasteiger charge is 2.72. The lowest BCUT2D eigenvalue weighted by Crippen LogP contribution is -2.67. The number of nitrogens with one attached hydrogen (secondary N) is 1. The first kappa shape index (κ1) is 29.0. The Morgan fingerprint density at radius 1 is 0.949 bits per heavy atom. The molecule has 0 heterocycles. The van der Waals surface area contributed by atoms with Crippen molar-refractivity contribution in [2.24, 2.45) is 62.6 Å². The second-order valence-corrected chi connectivity index (χ2v) is 15.6. The molecule has 0 aromatic rings. The Morgan fingerprint density at radius 2 is 1.67 bits per heavy atom. The second-order valence-electron chi connectivity index (χ2n) is 15.6. The van der Waals surface area contributed by atoms with Crippen LogP contribution in [0.5, 0.6) is 0 Å². The third-order valence-corrected chi connectivity index (χ3v) is 14.4. The van der Waals surface area contributed by atoms with E-state index < -0.39 is 11.4 Å². The van der Waals surface area contributed by atoms with Crippen molar-refractivity contribution in [3.8, 4) is 0 Å². The van der Waals surface area contributed by atoms with Crippen LogP contribution in [0.2, 0.25) is 0 Å². The van der Waals surface area contributed by atoms with Gasteiger partial charge in [0.1, 0.15) is 6.10 Å². The summed E-state index contributed by atoms with van der Waals surface area (Å²) in [5, 5.41) is 13.4. The Morgan fingerprint density at radius 3 is 2.28 bits per heavy atom. The summed E-state index contributed by atoms with van der Waals surface area (Å²) in [5.41, 5.74) is -0.273. The molecule has 5 aliphatic carbocycles. The normalized spacial score (nSPS) is 50.7. The van der Waals surface area contributed by atoms with E-state index in [9.17, 15) is 14.7 Å². The molecule has 5 nitrogen and oxygen atoms in total. The largest absolute Gasteiger partial charge is 0.481 e. The molecule has 2 N–H and O–H groups in total. The van der Waals surface area contributed by atoms with Crippen LogP contribution >= 0.6 is 0 Å². The Labute approximate surface area is 237 Å². The first-order valence-electron chi connectivity index (χ1n) is 16.1. The number of fused-ring (bicyclic) bond motifs is 7. The number of alkyl carbamates (subject to hydrolysis) is 1. The van der Waals surface area contributed by atoms with Gasteiger partial charge in [-0.1, -0.05) is 47.6 Å². The molecule has 0 bridgehead atoms. The molecule has 3 unspecified atom stereocenters. The molecule has 0 spiro atoms. The predicted molar refractivity (Wildman–Crippen MR) is 155 cm³/mol. The minimum absolute atomic E-state index is 0.146.